The highest BCUT2D eigenvalue weighted by molar-refractivity contribution is 6.21. The summed E-state index contributed by atoms with van der Waals surface area (Å²) in [7, 11) is 0. The Labute approximate surface area is 152 Å². The van der Waals surface area contributed by atoms with Crippen LogP contribution in [0, 0.1) is 11.3 Å². The third kappa shape index (κ3) is 4.48. The summed E-state index contributed by atoms with van der Waals surface area (Å²) in [5.74, 6) is -1.20. The van der Waals surface area contributed by atoms with Crippen LogP contribution in [0.25, 0.3) is 0 Å². The van der Waals surface area contributed by atoms with Crippen LogP contribution in [0.4, 0.5) is 17.1 Å². The first kappa shape index (κ1) is 18.7. The minimum absolute atomic E-state index is 0.184. The quantitative estimate of drug-likeness (QED) is 0.491. The van der Waals surface area contributed by atoms with Crippen molar-refractivity contribution in [2.24, 2.45) is 0 Å². The standard InChI is InChI=1S/C20H20N4O2/c1-3-15-4-8-18(9-5-15)23-13-16(12-21)20(26)24(14(2)25)19-10-6-17(22)7-11-19/h4-11,13,23H,3,22H2,1-2H3/b16-13-. The Hall–Kier alpha value is -3.59. The zero-order valence-corrected chi connectivity index (χ0v) is 14.7. The van der Waals surface area contributed by atoms with Gasteiger partial charge < -0.3 is 11.1 Å². The Kier molecular flexibility index (Phi) is 6.12. The van der Waals surface area contributed by atoms with Crippen molar-refractivity contribution in [1.82, 2.24) is 0 Å². The molecule has 26 heavy (non-hydrogen) atoms. The van der Waals surface area contributed by atoms with Gasteiger partial charge in [0.25, 0.3) is 5.91 Å². The van der Waals surface area contributed by atoms with Crippen LogP contribution >= 0.6 is 0 Å². The highest BCUT2D eigenvalue weighted by Gasteiger charge is 2.23. The molecule has 0 atom stereocenters. The molecule has 6 nitrogen and oxygen atoms in total. The number of rotatable bonds is 5. The van der Waals surface area contributed by atoms with E-state index in [9.17, 15) is 14.9 Å². The fourth-order valence-electron chi connectivity index (χ4n) is 2.32. The Bertz CT molecular complexity index is 862. The lowest BCUT2D eigenvalue weighted by Crippen LogP contribution is -2.36. The molecule has 0 spiro atoms. The van der Waals surface area contributed by atoms with Crippen LogP contribution in [-0.4, -0.2) is 11.8 Å². The van der Waals surface area contributed by atoms with E-state index in [2.05, 4.69) is 12.2 Å². The van der Waals surface area contributed by atoms with Gasteiger partial charge in [-0.2, -0.15) is 5.26 Å². The molecule has 0 aliphatic carbocycles. The molecule has 2 aromatic rings. The van der Waals surface area contributed by atoms with Gasteiger partial charge in [0.2, 0.25) is 5.91 Å². The number of amides is 2. The predicted octanol–water partition coefficient (Wildman–Crippen LogP) is 3.23. The van der Waals surface area contributed by atoms with E-state index in [-0.39, 0.29) is 5.57 Å². The van der Waals surface area contributed by atoms with Crippen molar-refractivity contribution >= 4 is 28.9 Å². The van der Waals surface area contributed by atoms with E-state index in [1.165, 1.54) is 18.7 Å². The summed E-state index contributed by atoms with van der Waals surface area (Å²) in [5.41, 5.74) is 8.24. The smallest absolute Gasteiger partial charge is 0.277 e. The summed E-state index contributed by atoms with van der Waals surface area (Å²) in [6, 6.07) is 15.8. The number of anilines is 3. The van der Waals surface area contributed by atoms with Crippen LogP contribution in [0.5, 0.6) is 0 Å². The molecule has 2 aromatic carbocycles. The van der Waals surface area contributed by atoms with E-state index in [0.717, 1.165) is 17.0 Å². The van der Waals surface area contributed by atoms with E-state index in [4.69, 9.17) is 5.73 Å². The molecule has 0 aliphatic heterocycles. The fraction of sp³-hybridized carbons (Fsp3) is 0.150. The minimum Gasteiger partial charge on any atom is -0.399 e. The molecule has 2 rings (SSSR count). The zero-order valence-electron chi connectivity index (χ0n) is 14.7. The number of hydrogen-bond acceptors (Lipinski definition) is 5. The molecule has 0 saturated carbocycles. The molecule has 132 valence electrons. The van der Waals surface area contributed by atoms with Crippen LogP contribution in [0.15, 0.2) is 60.3 Å². The number of nitrogens with one attached hydrogen (secondary N) is 1. The third-order valence-corrected chi connectivity index (χ3v) is 3.77. The molecule has 6 heteroatoms. The molecular weight excluding hydrogens is 328 g/mol. The number of imide groups is 1. The number of nitrogen functional groups attached to an aromatic ring is 1. The first-order chi connectivity index (χ1) is 12.5. The molecular formula is C20H20N4O2. The number of carbonyl (C=O) groups is 2. The fourth-order valence-corrected chi connectivity index (χ4v) is 2.32. The monoisotopic (exact) mass is 348 g/mol. The van der Waals surface area contributed by atoms with Gasteiger partial charge in [-0.25, -0.2) is 4.90 Å². The number of carbonyl (C=O) groups excluding carboxylic acids is 2. The lowest BCUT2D eigenvalue weighted by molar-refractivity contribution is -0.123. The van der Waals surface area contributed by atoms with Gasteiger partial charge in [0, 0.05) is 24.5 Å². The maximum absolute atomic E-state index is 12.7. The Morgan fingerprint density at radius 2 is 1.77 bits per heavy atom. The number of nitriles is 1. The maximum atomic E-state index is 12.7. The third-order valence-electron chi connectivity index (χ3n) is 3.77. The minimum atomic E-state index is -0.706. The predicted molar refractivity (Wildman–Crippen MR) is 102 cm³/mol. The highest BCUT2D eigenvalue weighted by atomic mass is 16.2. The van der Waals surface area contributed by atoms with Gasteiger partial charge in [0.1, 0.15) is 11.6 Å². The van der Waals surface area contributed by atoms with Crippen molar-refractivity contribution in [3.05, 3.63) is 65.9 Å². The Balaban J connectivity index is 2.25. The topological polar surface area (TPSA) is 99.2 Å². The van der Waals surface area contributed by atoms with E-state index < -0.39 is 11.8 Å². The summed E-state index contributed by atoms with van der Waals surface area (Å²) >= 11 is 0. The molecule has 0 fully saturated rings. The molecule has 0 heterocycles. The maximum Gasteiger partial charge on any atom is 0.277 e. The van der Waals surface area contributed by atoms with Gasteiger partial charge in [-0.15, -0.1) is 0 Å². The summed E-state index contributed by atoms with van der Waals surface area (Å²) in [6.07, 6.45) is 2.23. The van der Waals surface area contributed by atoms with Crippen molar-refractivity contribution in [1.29, 1.82) is 5.26 Å². The largest absolute Gasteiger partial charge is 0.399 e. The van der Waals surface area contributed by atoms with E-state index >= 15 is 0 Å². The first-order valence-electron chi connectivity index (χ1n) is 8.12. The van der Waals surface area contributed by atoms with Gasteiger partial charge in [-0.1, -0.05) is 19.1 Å². The second kappa shape index (κ2) is 8.49. The van der Waals surface area contributed by atoms with Crippen molar-refractivity contribution in [2.75, 3.05) is 16.0 Å². The number of nitrogens with zero attached hydrogens (tertiary/aromatic N) is 2. The van der Waals surface area contributed by atoms with E-state index in [1.807, 2.05) is 30.3 Å². The average Bonchev–Trinajstić information content (AvgIpc) is 2.64. The van der Waals surface area contributed by atoms with Gasteiger partial charge in [-0.3, -0.25) is 9.59 Å². The average molecular weight is 348 g/mol. The van der Waals surface area contributed by atoms with Crippen LogP contribution in [0.2, 0.25) is 0 Å². The van der Waals surface area contributed by atoms with Gasteiger partial charge >= 0.3 is 0 Å². The second-order valence-corrected chi connectivity index (χ2v) is 5.62. The summed E-state index contributed by atoms with van der Waals surface area (Å²) < 4.78 is 0. The lowest BCUT2D eigenvalue weighted by atomic mass is 10.1. The molecule has 0 aliphatic rings. The molecule has 0 saturated heterocycles. The van der Waals surface area contributed by atoms with Gasteiger partial charge in [0.15, 0.2) is 0 Å². The summed E-state index contributed by atoms with van der Waals surface area (Å²) in [4.78, 5) is 25.6. The molecule has 3 N–H and O–H groups in total. The van der Waals surface area contributed by atoms with E-state index in [1.54, 1.807) is 24.3 Å². The summed E-state index contributed by atoms with van der Waals surface area (Å²) in [6.45, 7) is 3.32. The van der Waals surface area contributed by atoms with E-state index in [0.29, 0.717) is 11.4 Å². The number of nitrogens with two attached hydrogens (primary N) is 1. The number of hydrogen-bond donors (Lipinski definition) is 2. The second-order valence-electron chi connectivity index (χ2n) is 5.62. The SMILES string of the molecule is CCc1ccc(N/C=C(/C#N)C(=O)N(C(C)=O)c2ccc(N)cc2)cc1. The van der Waals surface area contributed by atoms with Crippen LogP contribution in [-0.2, 0) is 16.0 Å². The van der Waals surface area contributed by atoms with Crippen LogP contribution in [0.1, 0.15) is 19.4 Å². The molecule has 0 unspecified atom stereocenters. The Morgan fingerprint density at radius 3 is 2.27 bits per heavy atom. The Morgan fingerprint density at radius 1 is 1.15 bits per heavy atom. The molecule has 0 aromatic heterocycles. The van der Waals surface area contributed by atoms with Crippen molar-refractivity contribution in [3.8, 4) is 6.07 Å². The molecule has 0 radical (unpaired) electrons. The van der Waals surface area contributed by atoms with Gasteiger partial charge in [-0.05, 0) is 48.4 Å². The first-order valence-corrected chi connectivity index (χ1v) is 8.12. The molecule has 2 amide bonds. The van der Waals surface area contributed by atoms with Crippen LogP contribution in [0.3, 0.4) is 0 Å². The molecule has 0 bridgehead atoms. The van der Waals surface area contributed by atoms with Gasteiger partial charge in [0.05, 0.1) is 5.69 Å². The van der Waals surface area contributed by atoms with Crippen molar-refractivity contribution < 1.29 is 9.59 Å². The zero-order chi connectivity index (χ0) is 19.1. The normalized spacial score (nSPS) is 10.7. The summed E-state index contributed by atoms with van der Waals surface area (Å²) in [5, 5.41) is 12.3. The van der Waals surface area contributed by atoms with Crippen molar-refractivity contribution in [2.45, 2.75) is 20.3 Å². The number of benzene rings is 2. The van der Waals surface area contributed by atoms with Crippen molar-refractivity contribution in [3.63, 3.8) is 0 Å². The van der Waals surface area contributed by atoms with Crippen LogP contribution < -0.4 is 16.0 Å². The number of aryl methyl sites for hydroxylation is 1. The lowest BCUT2D eigenvalue weighted by Gasteiger charge is -2.19. The highest BCUT2D eigenvalue weighted by Crippen LogP contribution is 2.19.